The van der Waals surface area contributed by atoms with E-state index in [4.69, 9.17) is 5.73 Å². The van der Waals surface area contributed by atoms with Gasteiger partial charge in [0.2, 0.25) is 11.8 Å². The van der Waals surface area contributed by atoms with Crippen LogP contribution in [0.15, 0.2) is 30.6 Å². The van der Waals surface area contributed by atoms with Crippen LogP contribution in [0.5, 0.6) is 0 Å². The Morgan fingerprint density at radius 2 is 2.14 bits per heavy atom. The average molecular weight is 382 g/mol. The van der Waals surface area contributed by atoms with Crippen molar-refractivity contribution >= 4 is 23.4 Å². The summed E-state index contributed by atoms with van der Waals surface area (Å²) in [7, 11) is 0. The molecule has 0 spiro atoms. The molecule has 1 saturated heterocycles. The molecule has 4 rings (SSSR count). The van der Waals surface area contributed by atoms with Crippen LogP contribution in [0.4, 0.5) is 5.69 Å². The summed E-state index contributed by atoms with van der Waals surface area (Å²) < 4.78 is 1.76. The van der Waals surface area contributed by atoms with E-state index in [1.807, 2.05) is 24.4 Å². The molecule has 0 bridgehead atoms. The van der Waals surface area contributed by atoms with Crippen LogP contribution in [-0.4, -0.2) is 45.0 Å². The molecule has 2 aliphatic rings. The number of hydrogen-bond donors (Lipinski definition) is 3. The molecule has 0 saturated carbocycles. The van der Waals surface area contributed by atoms with Gasteiger partial charge in [-0.25, -0.2) is 0 Å². The third kappa shape index (κ3) is 3.36. The van der Waals surface area contributed by atoms with Gasteiger partial charge in [-0.1, -0.05) is 18.2 Å². The van der Waals surface area contributed by atoms with Crippen LogP contribution in [0.1, 0.15) is 34.3 Å². The Morgan fingerprint density at radius 3 is 2.93 bits per heavy atom. The highest BCUT2D eigenvalue weighted by molar-refractivity contribution is 6.06. The first-order valence-corrected chi connectivity index (χ1v) is 9.28. The standard InChI is InChI=1S/C19H22N6O3/c20-6-7-24-11-14(9-22-24)21-8-12-2-1-3-13-10-25(19(28)17(12)13)15-4-5-16(26)23-18(15)27/h1-3,9,11,15,21H,4-8,10,20H2,(H,23,26,27). The summed E-state index contributed by atoms with van der Waals surface area (Å²) in [5.41, 5.74) is 8.77. The van der Waals surface area contributed by atoms with E-state index in [1.54, 1.807) is 15.8 Å². The third-order valence-electron chi connectivity index (χ3n) is 5.11. The lowest BCUT2D eigenvalue weighted by Gasteiger charge is -2.29. The number of piperidine rings is 1. The number of rotatable bonds is 6. The maximum Gasteiger partial charge on any atom is 0.255 e. The Balaban J connectivity index is 1.50. The fraction of sp³-hybridized carbons (Fsp3) is 0.368. The van der Waals surface area contributed by atoms with E-state index in [-0.39, 0.29) is 18.2 Å². The minimum Gasteiger partial charge on any atom is -0.378 e. The van der Waals surface area contributed by atoms with Gasteiger partial charge in [0, 0.05) is 37.8 Å². The number of nitrogens with one attached hydrogen (secondary N) is 2. The molecule has 1 atom stereocenters. The zero-order valence-electron chi connectivity index (χ0n) is 15.4. The number of nitrogens with two attached hydrogens (primary N) is 1. The van der Waals surface area contributed by atoms with Crippen LogP contribution in [0, 0.1) is 0 Å². The van der Waals surface area contributed by atoms with E-state index in [2.05, 4.69) is 15.7 Å². The summed E-state index contributed by atoms with van der Waals surface area (Å²) in [6.45, 7) is 1.99. The maximum absolute atomic E-state index is 13.0. The molecule has 146 valence electrons. The van der Waals surface area contributed by atoms with Gasteiger partial charge in [-0.05, 0) is 17.5 Å². The molecule has 9 heteroatoms. The molecule has 2 aromatic rings. The Morgan fingerprint density at radius 1 is 1.29 bits per heavy atom. The van der Waals surface area contributed by atoms with Gasteiger partial charge >= 0.3 is 0 Å². The second kappa shape index (κ2) is 7.43. The monoisotopic (exact) mass is 382 g/mol. The smallest absolute Gasteiger partial charge is 0.255 e. The number of aromatic nitrogens is 2. The Hall–Kier alpha value is -3.20. The lowest BCUT2D eigenvalue weighted by molar-refractivity contribution is -0.136. The maximum atomic E-state index is 13.0. The molecule has 0 aliphatic carbocycles. The van der Waals surface area contributed by atoms with E-state index >= 15 is 0 Å². The average Bonchev–Trinajstić information content (AvgIpc) is 3.25. The topological polar surface area (TPSA) is 122 Å². The number of carbonyl (C=O) groups excluding carboxylic acids is 3. The van der Waals surface area contributed by atoms with Crippen LogP contribution in [-0.2, 0) is 29.2 Å². The first kappa shape index (κ1) is 18.2. The third-order valence-corrected chi connectivity index (χ3v) is 5.11. The highest BCUT2D eigenvalue weighted by atomic mass is 16.2. The summed E-state index contributed by atoms with van der Waals surface area (Å²) >= 11 is 0. The van der Waals surface area contributed by atoms with Gasteiger partial charge in [0.05, 0.1) is 18.4 Å². The molecule has 4 N–H and O–H groups in total. The molecule has 3 amide bonds. The van der Waals surface area contributed by atoms with Crippen LogP contribution in [0.2, 0.25) is 0 Å². The Kier molecular flexibility index (Phi) is 4.82. The number of nitrogens with zero attached hydrogens (tertiary/aromatic N) is 3. The van der Waals surface area contributed by atoms with Crippen molar-refractivity contribution in [2.45, 2.75) is 38.5 Å². The molecule has 0 radical (unpaired) electrons. The molecular formula is C19H22N6O3. The molecule has 1 unspecified atom stereocenters. The van der Waals surface area contributed by atoms with Gasteiger partial charge < -0.3 is 16.0 Å². The normalized spacial score (nSPS) is 19.0. The second-order valence-corrected chi connectivity index (χ2v) is 6.99. The SMILES string of the molecule is NCCn1cc(NCc2cccc3c2C(=O)N(C2CCC(=O)NC2=O)C3)cn1. The predicted molar refractivity (Wildman–Crippen MR) is 101 cm³/mol. The number of anilines is 1. The van der Waals surface area contributed by atoms with Crippen molar-refractivity contribution in [1.82, 2.24) is 20.0 Å². The fourth-order valence-corrected chi connectivity index (χ4v) is 3.74. The minimum atomic E-state index is -0.604. The van der Waals surface area contributed by atoms with Gasteiger partial charge in [-0.2, -0.15) is 5.10 Å². The van der Waals surface area contributed by atoms with Crippen molar-refractivity contribution in [3.05, 3.63) is 47.3 Å². The fourth-order valence-electron chi connectivity index (χ4n) is 3.74. The number of amides is 3. The van der Waals surface area contributed by atoms with E-state index in [1.165, 1.54) is 0 Å². The summed E-state index contributed by atoms with van der Waals surface area (Å²) in [6.07, 6.45) is 4.19. The van der Waals surface area contributed by atoms with Crippen LogP contribution < -0.4 is 16.4 Å². The van der Waals surface area contributed by atoms with Gasteiger partial charge in [0.25, 0.3) is 5.91 Å². The van der Waals surface area contributed by atoms with E-state index in [0.29, 0.717) is 38.2 Å². The number of imide groups is 1. The van der Waals surface area contributed by atoms with Gasteiger partial charge in [-0.3, -0.25) is 24.4 Å². The molecule has 1 fully saturated rings. The van der Waals surface area contributed by atoms with E-state index in [0.717, 1.165) is 16.8 Å². The number of benzene rings is 1. The number of hydrogen-bond acceptors (Lipinski definition) is 6. The van der Waals surface area contributed by atoms with Gasteiger partial charge in [-0.15, -0.1) is 0 Å². The van der Waals surface area contributed by atoms with Crippen molar-refractivity contribution in [2.75, 3.05) is 11.9 Å². The zero-order valence-corrected chi connectivity index (χ0v) is 15.4. The van der Waals surface area contributed by atoms with Crippen molar-refractivity contribution in [3.8, 4) is 0 Å². The molecule has 2 aliphatic heterocycles. The van der Waals surface area contributed by atoms with E-state index < -0.39 is 11.9 Å². The summed E-state index contributed by atoms with van der Waals surface area (Å²) in [5.74, 6) is -0.851. The minimum absolute atomic E-state index is 0.166. The van der Waals surface area contributed by atoms with Crippen molar-refractivity contribution in [1.29, 1.82) is 0 Å². The highest BCUT2D eigenvalue weighted by Crippen LogP contribution is 2.30. The highest BCUT2D eigenvalue weighted by Gasteiger charge is 2.39. The molecule has 9 nitrogen and oxygen atoms in total. The molecular weight excluding hydrogens is 360 g/mol. The van der Waals surface area contributed by atoms with E-state index in [9.17, 15) is 14.4 Å². The Labute approximate surface area is 161 Å². The predicted octanol–water partition coefficient (Wildman–Crippen LogP) is 0.215. The largest absolute Gasteiger partial charge is 0.378 e. The lowest BCUT2D eigenvalue weighted by atomic mass is 10.0. The number of carbonyl (C=O) groups is 3. The van der Waals surface area contributed by atoms with Gasteiger partial charge in [0.15, 0.2) is 0 Å². The second-order valence-electron chi connectivity index (χ2n) is 6.99. The van der Waals surface area contributed by atoms with Crippen LogP contribution >= 0.6 is 0 Å². The van der Waals surface area contributed by atoms with Crippen molar-refractivity contribution < 1.29 is 14.4 Å². The molecule has 1 aromatic heterocycles. The summed E-state index contributed by atoms with van der Waals surface area (Å²) in [4.78, 5) is 38.2. The van der Waals surface area contributed by atoms with Crippen LogP contribution in [0.3, 0.4) is 0 Å². The first-order chi connectivity index (χ1) is 13.6. The van der Waals surface area contributed by atoms with Crippen LogP contribution in [0.25, 0.3) is 0 Å². The summed E-state index contributed by atoms with van der Waals surface area (Å²) in [6, 6.07) is 5.12. The zero-order chi connectivity index (χ0) is 19.7. The number of fused-ring (bicyclic) bond motifs is 1. The first-order valence-electron chi connectivity index (χ1n) is 9.28. The summed E-state index contributed by atoms with van der Waals surface area (Å²) in [5, 5.41) is 9.83. The quantitative estimate of drug-likeness (QED) is 0.614. The molecule has 3 heterocycles. The van der Waals surface area contributed by atoms with Crippen molar-refractivity contribution in [3.63, 3.8) is 0 Å². The molecule has 1 aromatic carbocycles. The Bertz CT molecular complexity index is 938. The molecule has 28 heavy (non-hydrogen) atoms. The van der Waals surface area contributed by atoms with Crippen molar-refractivity contribution in [2.24, 2.45) is 5.73 Å². The lowest BCUT2D eigenvalue weighted by Crippen LogP contribution is -2.52. The van der Waals surface area contributed by atoms with Gasteiger partial charge in [0.1, 0.15) is 6.04 Å².